The second-order valence-corrected chi connectivity index (χ2v) is 6.12. The Morgan fingerprint density at radius 3 is 2.65 bits per heavy atom. The molecule has 0 amide bonds. The van der Waals surface area contributed by atoms with Crippen molar-refractivity contribution < 1.29 is 0 Å². The minimum Gasteiger partial charge on any atom is -0.394 e. The van der Waals surface area contributed by atoms with Gasteiger partial charge in [-0.3, -0.25) is 4.68 Å². The molecule has 1 heterocycles. The number of rotatable bonds is 4. The molecule has 1 aromatic heterocycles. The summed E-state index contributed by atoms with van der Waals surface area (Å²) in [4.78, 5) is 0. The van der Waals surface area contributed by atoms with Crippen LogP contribution in [0, 0.1) is 0 Å². The molecule has 0 spiro atoms. The van der Waals surface area contributed by atoms with E-state index < -0.39 is 0 Å². The van der Waals surface area contributed by atoms with Crippen molar-refractivity contribution in [3.8, 4) is 0 Å². The Morgan fingerprint density at radius 2 is 2.10 bits per heavy atom. The number of nitrogens with zero attached hydrogens (tertiary/aromatic N) is 2. The molecule has 4 nitrogen and oxygen atoms in total. The Hall–Kier alpha value is -1.49. The van der Waals surface area contributed by atoms with Crippen molar-refractivity contribution in [2.75, 3.05) is 11.1 Å². The molecule has 108 valence electrons. The Kier molecular flexibility index (Phi) is 4.38. The van der Waals surface area contributed by atoms with Gasteiger partial charge in [0.1, 0.15) is 0 Å². The molecule has 2 aromatic rings. The lowest BCUT2D eigenvalue weighted by atomic mass is 10.1. The molecule has 0 aliphatic rings. The Balaban J connectivity index is 2.40. The van der Waals surface area contributed by atoms with E-state index in [1.165, 1.54) is 5.56 Å². The number of aryl methyl sites for hydroxylation is 2. The summed E-state index contributed by atoms with van der Waals surface area (Å²) in [5, 5.41) is 7.92. The molecule has 0 unspecified atom stereocenters. The third kappa shape index (κ3) is 2.82. The van der Waals surface area contributed by atoms with Gasteiger partial charge >= 0.3 is 0 Å². The summed E-state index contributed by atoms with van der Waals surface area (Å²) in [5.74, 6) is 1.16. The molecular formula is C15H21BrN4. The lowest BCUT2D eigenvalue weighted by Crippen LogP contribution is -2.03. The van der Waals surface area contributed by atoms with Crippen LogP contribution in [-0.4, -0.2) is 9.78 Å². The van der Waals surface area contributed by atoms with Crippen LogP contribution in [0.2, 0.25) is 0 Å². The third-order valence-electron chi connectivity index (χ3n) is 3.36. The highest BCUT2D eigenvalue weighted by Crippen LogP contribution is 2.32. The summed E-state index contributed by atoms with van der Waals surface area (Å²) >= 11 is 3.50. The molecule has 0 atom stereocenters. The molecule has 0 saturated heterocycles. The number of nitrogen functional groups attached to an aromatic ring is 1. The number of hydrogen-bond donors (Lipinski definition) is 2. The standard InChI is InChI=1S/C15H21BrN4/c1-5-10-8-11(16)6-7-12(10)18-15-13(17)14(9(2)3)19-20(15)4/h6-9,18H,5,17H2,1-4H3. The van der Waals surface area contributed by atoms with Gasteiger partial charge in [0.2, 0.25) is 0 Å². The molecule has 0 fully saturated rings. The first-order valence-electron chi connectivity index (χ1n) is 6.81. The van der Waals surface area contributed by atoms with E-state index in [1.807, 2.05) is 17.8 Å². The van der Waals surface area contributed by atoms with E-state index >= 15 is 0 Å². The second kappa shape index (κ2) is 5.87. The van der Waals surface area contributed by atoms with Gasteiger partial charge in [-0.15, -0.1) is 0 Å². The summed E-state index contributed by atoms with van der Waals surface area (Å²) in [6.07, 6.45) is 0.955. The maximum absolute atomic E-state index is 6.22. The Morgan fingerprint density at radius 1 is 1.40 bits per heavy atom. The zero-order valence-corrected chi connectivity index (χ0v) is 14.0. The summed E-state index contributed by atoms with van der Waals surface area (Å²) in [6, 6.07) is 6.21. The normalized spacial score (nSPS) is 11.1. The first-order valence-corrected chi connectivity index (χ1v) is 7.61. The van der Waals surface area contributed by atoms with Gasteiger partial charge in [-0.05, 0) is 36.1 Å². The number of nitrogens with one attached hydrogen (secondary N) is 1. The first kappa shape index (κ1) is 14.9. The number of nitrogens with two attached hydrogens (primary N) is 1. The number of halogens is 1. The van der Waals surface area contributed by atoms with Crippen molar-refractivity contribution in [3.63, 3.8) is 0 Å². The summed E-state index contributed by atoms with van der Waals surface area (Å²) in [7, 11) is 1.91. The van der Waals surface area contributed by atoms with Crippen LogP contribution < -0.4 is 11.1 Å². The molecule has 1 aromatic carbocycles. The van der Waals surface area contributed by atoms with Gasteiger partial charge < -0.3 is 11.1 Å². The van der Waals surface area contributed by atoms with Crippen LogP contribution in [0.5, 0.6) is 0 Å². The Bertz CT molecular complexity index is 617. The van der Waals surface area contributed by atoms with Gasteiger partial charge in [0.05, 0.1) is 11.4 Å². The molecule has 0 saturated carbocycles. The van der Waals surface area contributed by atoms with Crippen LogP contribution >= 0.6 is 15.9 Å². The molecule has 5 heteroatoms. The summed E-state index contributed by atoms with van der Waals surface area (Å²) in [5.41, 5.74) is 10.2. The smallest absolute Gasteiger partial charge is 0.152 e. The highest BCUT2D eigenvalue weighted by atomic mass is 79.9. The van der Waals surface area contributed by atoms with Crippen molar-refractivity contribution in [1.82, 2.24) is 9.78 Å². The van der Waals surface area contributed by atoms with E-state index in [-0.39, 0.29) is 0 Å². The van der Waals surface area contributed by atoms with E-state index in [9.17, 15) is 0 Å². The van der Waals surface area contributed by atoms with Crippen molar-refractivity contribution in [3.05, 3.63) is 33.9 Å². The number of benzene rings is 1. The van der Waals surface area contributed by atoms with E-state index in [2.05, 4.69) is 59.2 Å². The topological polar surface area (TPSA) is 55.9 Å². The van der Waals surface area contributed by atoms with Crippen molar-refractivity contribution in [2.45, 2.75) is 33.1 Å². The maximum Gasteiger partial charge on any atom is 0.152 e. The predicted octanol–water partition coefficient (Wildman–Crippen LogP) is 4.19. The zero-order chi connectivity index (χ0) is 14.9. The van der Waals surface area contributed by atoms with Gasteiger partial charge in [0, 0.05) is 17.2 Å². The predicted molar refractivity (Wildman–Crippen MR) is 88.5 cm³/mol. The first-order chi connectivity index (χ1) is 9.43. The lowest BCUT2D eigenvalue weighted by Gasteiger charge is -2.12. The number of hydrogen-bond acceptors (Lipinski definition) is 3. The highest BCUT2D eigenvalue weighted by Gasteiger charge is 2.16. The van der Waals surface area contributed by atoms with E-state index in [1.54, 1.807) is 0 Å². The second-order valence-electron chi connectivity index (χ2n) is 5.21. The SMILES string of the molecule is CCc1cc(Br)ccc1Nc1c(N)c(C(C)C)nn1C. The van der Waals surface area contributed by atoms with Gasteiger partial charge in [-0.1, -0.05) is 36.7 Å². The fourth-order valence-electron chi connectivity index (χ4n) is 2.24. The van der Waals surface area contributed by atoms with Crippen molar-refractivity contribution in [1.29, 1.82) is 0 Å². The van der Waals surface area contributed by atoms with Crippen LogP contribution in [0.15, 0.2) is 22.7 Å². The fourth-order valence-corrected chi connectivity index (χ4v) is 2.65. The highest BCUT2D eigenvalue weighted by molar-refractivity contribution is 9.10. The zero-order valence-electron chi connectivity index (χ0n) is 12.4. The maximum atomic E-state index is 6.22. The van der Waals surface area contributed by atoms with Crippen LogP contribution in [0.25, 0.3) is 0 Å². The monoisotopic (exact) mass is 336 g/mol. The molecule has 0 bridgehead atoms. The van der Waals surface area contributed by atoms with Crippen LogP contribution in [0.1, 0.15) is 37.9 Å². The van der Waals surface area contributed by atoms with E-state index in [4.69, 9.17) is 5.73 Å². The quantitative estimate of drug-likeness (QED) is 0.879. The summed E-state index contributed by atoms with van der Waals surface area (Å²) in [6.45, 7) is 6.33. The van der Waals surface area contributed by atoms with Gasteiger partial charge in [0.25, 0.3) is 0 Å². The average molecular weight is 337 g/mol. The molecule has 3 N–H and O–H groups in total. The molecule has 0 aliphatic carbocycles. The van der Waals surface area contributed by atoms with Crippen LogP contribution in [0.3, 0.4) is 0 Å². The van der Waals surface area contributed by atoms with E-state index in [0.717, 1.165) is 33.8 Å². The number of anilines is 3. The Labute approximate surface area is 128 Å². The third-order valence-corrected chi connectivity index (χ3v) is 3.85. The van der Waals surface area contributed by atoms with E-state index in [0.29, 0.717) is 5.92 Å². The minimum absolute atomic E-state index is 0.312. The largest absolute Gasteiger partial charge is 0.394 e. The minimum atomic E-state index is 0.312. The average Bonchev–Trinajstić information content (AvgIpc) is 2.68. The number of aromatic nitrogens is 2. The summed E-state index contributed by atoms with van der Waals surface area (Å²) < 4.78 is 2.90. The van der Waals surface area contributed by atoms with Gasteiger partial charge in [0.15, 0.2) is 5.82 Å². The molecule has 20 heavy (non-hydrogen) atoms. The fraction of sp³-hybridized carbons (Fsp3) is 0.400. The molecule has 2 rings (SSSR count). The molecule has 0 aliphatic heterocycles. The van der Waals surface area contributed by atoms with Crippen LogP contribution in [0.4, 0.5) is 17.2 Å². The van der Waals surface area contributed by atoms with Crippen molar-refractivity contribution in [2.24, 2.45) is 7.05 Å². The molecular weight excluding hydrogens is 316 g/mol. The molecule has 0 radical (unpaired) electrons. The van der Waals surface area contributed by atoms with Crippen LogP contribution in [-0.2, 0) is 13.5 Å². The van der Waals surface area contributed by atoms with Gasteiger partial charge in [-0.25, -0.2) is 0 Å². The van der Waals surface area contributed by atoms with Gasteiger partial charge in [-0.2, -0.15) is 5.10 Å². The lowest BCUT2D eigenvalue weighted by molar-refractivity contribution is 0.718. The van der Waals surface area contributed by atoms with Crippen molar-refractivity contribution >= 4 is 33.1 Å².